The molecule has 3 heteroatoms. The third kappa shape index (κ3) is 2.75. The van der Waals surface area contributed by atoms with E-state index in [1.165, 1.54) is 25.7 Å². The van der Waals surface area contributed by atoms with Crippen LogP contribution in [0, 0.1) is 17.8 Å². The van der Waals surface area contributed by atoms with Gasteiger partial charge in [0.25, 0.3) is 0 Å². The molecule has 2 fully saturated rings. The Bertz CT molecular complexity index is 454. The first kappa shape index (κ1) is 12.5. The average Bonchev–Trinajstić information content (AvgIpc) is 3.02. The van der Waals surface area contributed by atoms with Gasteiger partial charge in [0.2, 0.25) is 5.91 Å². The SMILES string of the molecule is COc1ccc(NC(=O)C[C@H]2C[C@@H]3CC[C@H]2C3)cc1. The lowest BCUT2D eigenvalue weighted by Crippen LogP contribution is -2.20. The normalized spacial score (nSPS) is 28.4. The molecule has 0 saturated heterocycles. The zero-order chi connectivity index (χ0) is 13.2. The van der Waals surface area contributed by atoms with Crippen molar-refractivity contribution in [2.45, 2.75) is 32.1 Å². The molecule has 2 aliphatic rings. The van der Waals surface area contributed by atoms with Crippen LogP contribution in [0.2, 0.25) is 0 Å². The Labute approximate surface area is 114 Å². The molecule has 3 rings (SSSR count). The maximum absolute atomic E-state index is 12.1. The van der Waals surface area contributed by atoms with E-state index in [1.54, 1.807) is 7.11 Å². The van der Waals surface area contributed by atoms with Crippen molar-refractivity contribution in [2.75, 3.05) is 12.4 Å². The van der Waals surface area contributed by atoms with Gasteiger partial charge < -0.3 is 10.1 Å². The van der Waals surface area contributed by atoms with E-state index in [1.807, 2.05) is 24.3 Å². The maximum atomic E-state index is 12.1. The quantitative estimate of drug-likeness (QED) is 0.899. The minimum absolute atomic E-state index is 0.155. The molecule has 3 atom stereocenters. The average molecular weight is 259 g/mol. The monoisotopic (exact) mass is 259 g/mol. The first-order valence-electron chi connectivity index (χ1n) is 7.18. The number of amides is 1. The minimum Gasteiger partial charge on any atom is -0.497 e. The van der Waals surface area contributed by atoms with Gasteiger partial charge in [0.1, 0.15) is 5.75 Å². The van der Waals surface area contributed by atoms with Crippen LogP contribution in [0.25, 0.3) is 0 Å². The van der Waals surface area contributed by atoms with Crippen molar-refractivity contribution in [3.8, 4) is 5.75 Å². The Hall–Kier alpha value is -1.51. The first-order valence-corrected chi connectivity index (χ1v) is 7.18. The van der Waals surface area contributed by atoms with Crippen molar-refractivity contribution < 1.29 is 9.53 Å². The number of rotatable bonds is 4. The standard InChI is InChI=1S/C16H21NO2/c1-19-15-6-4-14(5-7-15)17-16(18)10-13-9-11-2-3-12(13)8-11/h4-7,11-13H,2-3,8-10H2,1H3,(H,17,18)/t11-,12+,13-/m1/s1. The molecule has 2 aliphatic carbocycles. The molecule has 19 heavy (non-hydrogen) atoms. The molecule has 0 aromatic heterocycles. The summed E-state index contributed by atoms with van der Waals surface area (Å²) in [6.07, 6.45) is 6.04. The lowest BCUT2D eigenvalue weighted by atomic mass is 9.86. The third-order valence-electron chi connectivity index (χ3n) is 4.71. The van der Waals surface area contributed by atoms with Crippen molar-refractivity contribution in [1.29, 1.82) is 0 Å². The number of methoxy groups -OCH3 is 1. The predicted octanol–water partition coefficient (Wildman–Crippen LogP) is 3.46. The topological polar surface area (TPSA) is 38.3 Å². The van der Waals surface area contributed by atoms with E-state index in [0.29, 0.717) is 12.3 Å². The molecule has 2 saturated carbocycles. The Balaban J connectivity index is 1.53. The zero-order valence-electron chi connectivity index (χ0n) is 11.4. The maximum Gasteiger partial charge on any atom is 0.224 e. The van der Waals surface area contributed by atoms with Gasteiger partial charge in [-0.1, -0.05) is 6.42 Å². The van der Waals surface area contributed by atoms with Crippen LogP contribution >= 0.6 is 0 Å². The van der Waals surface area contributed by atoms with Crippen LogP contribution in [-0.4, -0.2) is 13.0 Å². The summed E-state index contributed by atoms with van der Waals surface area (Å²) in [6.45, 7) is 0. The van der Waals surface area contributed by atoms with Gasteiger partial charge in [-0.25, -0.2) is 0 Å². The van der Waals surface area contributed by atoms with Gasteiger partial charge >= 0.3 is 0 Å². The summed E-state index contributed by atoms with van der Waals surface area (Å²) >= 11 is 0. The molecular formula is C16H21NO2. The summed E-state index contributed by atoms with van der Waals surface area (Å²) in [5.74, 6) is 3.31. The summed E-state index contributed by atoms with van der Waals surface area (Å²) in [6, 6.07) is 7.51. The predicted molar refractivity (Wildman–Crippen MR) is 75.2 cm³/mol. The summed E-state index contributed by atoms with van der Waals surface area (Å²) in [5, 5.41) is 2.99. The van der Waals surface area contributed by atoms with Crippen molar-refractivity contribution >= 4 is 11.6 Å². The Morgan fingerprint density at radius 2 is 2.05 bits per heavy atom. The Kier molecular flexibility index (Phi) is 3.45. The summed E-state index contributed by atoms with van der Waals surface area (Å²) in [5.41, 5.74) is 0.856. The zero-order valence-corrected chi connectivity index (χ0v) is 11.4. The second-order valence-corrected chi connectivity index (χ2v) is 5.92. The van der Waals surface area contributed by atoms with Crippen LogP contribution in [0.1, 0.15) is 32.1 Å². The lowest BCUT2D eigenvalue weighted by Gasteiger charge is -2.20. The van der Waals surface area contributed by atoms with Crippen molar-refractivity contribution in [1.82, 2.24) is 0 Å². The van der Waals surface area contributed by atoms with Crippen LogP contribution in [0.5, 0.6) is 5.75 Å². The van der Waals surface area contributed by atoms with E-state index in [4.69, 9.17) is 4.74 Å². The number of nitrogens with one attached hydrogen (secondary N) is 1. The lowest BCUT2D eigenvalue weighted by molar-refractivity contribution is -0.117. The molecule has 1 N–H and O–H groups in total. The molecular weight excluding hydrogens is 238 g/mol. The summed E-state index contributed by atoms with van der Waals surface area (Å²) < 4.78 is 5.10. The van der Waals surface area contributed by atoms with E-state index in [2.05, 4.69) is 5.32 Å². The molecule has 0 heterocycles. The Morgan fingerprint density at radius 1 is 1.26 bits per heavy atom. The highest BCUT2D eigenvalue weighted by atomic mass is 16.5. The van der Waals surface area contributed by atoms with Crippen molar-refractivity contribution in [2.24, 2.45) is 17.8 Å². The number of ether oxygens (including phenoxy) is 1. The molecule has 0 radical (unpaired) electrons. The molecule has 0 spiro atoms. The Morgan fingerprint density at radius 3 is 2.63 bits per heavy atom. The van der Waals surface area contributed by atoms with Gasteiger partial charge in [0.05, 0.1) is 7.11 Å². The highest BCUT2D eigenvalue weighted by Gasteiger charge is 2.40. The fraction of sp³-hybridized carbons (Fsp3) is 0.562. The van der Waals surface area contributed by atoms with Gasteiger partial charge in [0, 0.05) is 12.1 Å². The highest BCUT2D eigenvalue weighted by molar-refractivity contribution is 5.90. The highest BCUT2D eigenvalue weighted by Crippen LogP contribution is 2.49. The third-order valence-corrected chi connectivity index (χ3v) is 4.71. The number of hydrogen-bond acceptors (Lipinski definition) is 2. The molecule has 2 bridgehead atoms. The van der Waals surface area contributed by atoms with E-state index >= 15 is 0 Å². The summed E-state index contributed by atoms with van der Waals surface area (Å²) in [7, 11) is 1.64. The molecule has 0 aliphatic heterocycles. The van der Waals surface area contributed by atoms with E-state index in [9.17, 15) is 4.79 Å². The molecule has 0 unspecified atom stereocenters. The van der Waals surface area contributed by atoms with Crippen LogP contribution in [-0.2, 0) is 4.79 Å². The number of carbonyl (C=O) groups is 1. The van der Waals surface area contributed by atoms with Gasteiger partial charge in [0.15, 0.2) is 0 Å². The molecule has 1 amide bonds. The summed E-state index contributed by atoms with van der Waals surface area (Å²) in [4.78, 5) is 12.1. The molecule has 102 valence electrons. The van der Waals surface area contributed by atoms with Crippen molar-refractivity contribution in [3.05, 3.63) is 24.3 Å². The van der Waals surface area contributed by atoms with E-state index in [-0.39, 0.29) is 5.91 Å². The first-order chi connectivity index (χ1) is 9.24. The van der Waals surface area contributed by atoms with Crippen LogP contribution in [0.3, 0.4) is 0 Å². The largest absolute Gasteiger partial charge is 0.497 e. The fourth-order valence-electron chi connectivity index (χ4n) is 3.75. The molecule has 1 aromatic rings. The van der Waals surface area contributed by atoms with Gasteiger partial charge in [-0.3, -0.25) is 4.79 Å². The number of hydrogen-bond donors (Lipinski definition) is 1. The van der Waals surface area contributed by atoms with Crippen LogP contribution in [0.4, 0.5) is 5.69 Å². The van der Waals surface area contributed by atoms with Crippen LogP contribution < -0.4 is 10.1 Å². The van der Waals surface area contributed by atoms with E-state index < -0.39 is 0 Å². The second kappa shape index (κ2) is 5.24. The number of fused-ring (bicyclic) bond motifs is 2. The van der Waals surface area contributed by atoms with Gasteiger partial charge in [-0.15, -0.1) is 0 Å². The molecule has 3 nitrogen and oxygen atoms in total. The number of carbonyl (C=O) groups excluding carboxylic acids is 1. The fourth-order valence-corrected chi connectivity index (χ4v) is 3.75. The van der Waals surface area contributed by atoms with Gasteiger partial charge in [-0.2, -0.15) is 0 Å². The second-order valence-electron chi connectivity index (χ2n) is 5.92. The number of anilines is 1. The number of benzene rings is 1. The van der Waals surface area contributed by atoms with E-state index in [0.717, 1.165) is 23.3 Å². The van der Waals surface area contributed by atoms with Gasteiger partial charge in [-0.05, 0) is 61.3 Å². The molecule has 1 aromatic carbocycles. The minimum atomic E-state index is 0.155. The van der Waals surface area contributed by atoms with Crippen LogP contribution in [0.15, 0.2) is 24.3 Å². The smallest absolute Gasteiger partial charge is 0.224 e. The van der Waals surface area contributed by atoms with Crippen molar-refractivity contribution in [3.63, 3.8) is 0 Å².